The summed E-state index contributed by atoms with van der Waals surface area (Å²) < 4.78 is 37.7. The molecule has 0 aliphatic heterocycles. The van der Waals surface area contributed by atoms with Crippen LogP contribution in [-0.2, 0) is 11.0 Å². The highest BCUT2D eigenvalue weighted by Crippen LogP contribution is 2.31. The van der Waals surface area contributed by atoms with Gasteiger partial charge in [0.25, 0.3) is 0 Å². The molecular weight excluding hydrogens is 271 g/mol. The van der Waals surface area contributed by atoms with Gasteiger partial charge in [0, 0.05) is 12.2 Å². The van der Waals surface area contributed by atoms with E-state index in [0.29, 0.717) is 5.56 Å². The third kappa shape index (κ3) is 4.80. The molecule has 0 atom stereocenters. The van der Waals surface area contributed by atoms with Gasteiger partial charge in [-0.2, -0.15) is 18.4 Å². The Morgan fingerprint density at radius 1 is 1.40 bits per heavy atom. The Morgan fingerprint density at radius 3 is 2.70 bits per heavy atom. The molecule has 7 heteroatoms. The van der Waals surface area contributed by atoms with E-state index in [4.69, 9.17) is 5.26 Å². The van der Waals surface area contributed by atoms with Crippen molar-refractivity contribution in [2.45, 2.75) is 19.5 Å². The number of rotatable bonds is 5. The predicted molar refractivity (Wildman–Crippen MR) is 67.9 cm³/mol. The average molecular weight is 285 g/mol. The second kappa shape index (κ2) is 6.80. The van der Waals surface area contributed by atoms with E-state index < -0.39 is 11.7 Å². The first-order valence-electron chi connectivity index (χ1n) is 5.90. The predicted octanol–water partition coefficient (Wildman–Crippen LogP) is 2.46. The van der Waals surface area contributed by atoms with Crippen LogP contribution in [0.15, 0.2) is 18.2 Å². The first-order chi connectivity index (χ1) is 9.34. The molecule has 0 aromatic heterocycles. The van der Waals surface area contributed by atoms with Crippen LogP contribution in [0.3, 0.4) is 0 Å². The minimum Gasteiger partial charge on any atom is -0.376 e. The van der Waals surface area contributed by atoms with Crippen molar-refractivity contribution >= 4 is 11.6 Å². The molecule has 0 radical (unpaired) electrons. The number of nitrogens with zero attached hydrogens (tertiary/aromatic N) is 1. The average Bonchev–Trinajstić information content (AvgIpc) is 2.36. The van der Waals surface area contributed by atoms with E-state index in [1.54, 1.807) is 6.92 Å². The minimum atomic E-state index is -4.42. The van der Waals surface area contributed by atoms with Crippen LogP contribution >= 0.6 is 0 Å². The number of benzene rings is 1. The van der Waals surface area contributed by atoms with Gasteiger partial charge in [0.1, 0.15) is 0 Å². The largest absolute Gasteiger partial charge is 0.416 e. The molecule has 1 aromatic carbocycles. The number of alkyl halides is 3. The van der Waals surface area contributed by atoms with E-state index in [1.807, 2.05) is 6.07 Å². The lowest BCUT2D eigenvalue weighted by atomic mass is 10.1. The molecule has 0 fully saturated rings. The van der Waals surface area contributed by atoms with Gasteiger partial charge in [0.15, 0.2) is 0 Å². The number of amides is 1. The molecule has 0 unspecified atom stereocenters. The Kier molecular flexibility index (Phi) is 5.38. The van der Waals surface area contributed by atoms with Crippen LogP contribution in [0.4, 0.5) is 18.9 Å². The smallest absolute Gasteiger partial charge is 0.376 e. The lowest BCUT2D eigenvalue weighted by Gasteiger charge is -2.13. The van der Waals surface area contributed by atoms with Gasteiger partial charge in [-0.15, -0.1) is 0 Å². The molecule has 108 valence electrons. The zero-order valence-electron chi connectivity index (χ0n) is 10.8. The van der Waals surface area contributed by atoms with Gasteiger partial charge in [-0.3, -0.25) is 4.79 Å². The number of carbonyl (C=O) groups excluding carboxylic acids is 1. The Hall–Kier alpha value is -2.23. The van der Waals surface area contributed by atoms with Gasteiger partial charge in [-0.05, 0) is 24.6 Å². The third-order valence-corrected chi connectivity index (χ3v) is 2.56. The van der Waals surface area contributed by atoms with Crippen LogP contribution in [-0.4, -0.2) is 19.0 Å². The number of nitrogens with one attached hydrogen (secondary N) is 2. The second-order valence-corrected chi connectivity index (χ2v) is 4.14. The van der Waals surface area contributed by atoms with Gasteiger partial charge < -0.3 is 10.6 Å². The number of nitriles is 1. The molecule has 0 spiro atoms. The lowest BCUT2D eigenvalue weighted by Crippen LogP contribution is -2.30. The van der Waals surface area contributed by atoms with Gasteiger partial charge in [-0.25, -0.2) is 0 Å². The van der Waals surface area contributed by atoms with Crippen LogP contribution in [0.5, 0.6) is 0 Å². The van der Waals surface area contributed by atoms with E-state index in [-0.39, 0.29) is 31.1 Å². The van der Waals surface area contributed by atoms with Crippen molar-refractivity contribution in [1.82, 2.24) is 5.32 Å². The number of halogens is 3. The summed E-state index contributed by atoms with van der Waals surface area (Å²) in [7, 11) is 0. The SMILES string of the molecule is Cc1ccc(C(F)(F)F)cc1NCC(=O)NCCC#N. The molecule has 1 aromatic rings. The van der Waals surface area contributed by atoms with E-state index in [0.717, 1.165) is 12.1 Å². The Labute approximate surface area is 114 Å². The summed E-state index contributed by atoms with van der Waals surface area (Å²) in [5.41, 5.74) is 0.105. The number of carbonyl (C=O) groups is 1. The van der Waals surface area contributed by atoms with Crippen LogP contribution < -0.4 is 10.6 Å². The molecule has 1 rings (SSSR count). The van der Waals surface area contributed by atoms with Crippen molar-refractivity contribution in [3.05, 3.63) is 29.3 Å². The van der Waals surface area contributed by atoms with Crippen LogP contribution in [0.25, 0.3) is 0 Å². The van der Waals surface area contributed by atoms with Crippen molar-refractivity contribution in [1.29, 1.82) is 5.26 Å². The summed E-state index contributed by atoms with van der Waals surface area (Å²) in [4.78, 5) is 11.4. The standard InChI is InChI=1S/C13H14F3N3O/c1-9-3-4-10(13(14,15)16)7-11(9)19-8-12(20)18-6-2-5-17/h3-4,7,19H,2,6,8H2,1H3,(H,18,20). The van der Waals surface area contributed by atoms with Crippen molar-refractivity contribution < 1.29 is 18.0 Å². The molecule has 1 amide bonds. The molecule has 0 aliphatic rings. The van der Waals surface area contributed by atoms with Gasteiger partial charge in [0.2, 0.25) is 5.91 Å². The molecule has 20 heavy (non-hydrogen) atoms. The number of hydrogen-bond acceptors (Lipinski definition) is 3. The summed E-state index contributed by atoms with van der Waals surface area (Å²) in [5.74, 6) is -0.378. The van der Waals surface area contributed by atoms with Crippen LogP contribution in [0, 0.1) is 18.3 Å². The summed E-state index contributed by atoms with van der Waals surface area (Å²) in [6, 6.07) is 5.18. The fourth-order valence-corrected chi connectivity index (χ4v) is 1.48. The number of hydrogen-bond donors (Lipinski definition) is 2. The van der Waals surface area contributed by atoms with Crippen molar-refractivity contribution in [2.24, 2.45) is 0 Å². The normalized spacial score (nSPS) is 10.8. The van der Waals surface area contributed by atoms with Crippen LogP contribution in [0.2, 0.25) is 0 Å². The molecule has 0 saturated carbocycles. The monoisotopic (exact) mass is 285 g/mol. The Morgan fingerprint density at radius 2 is 2.10 bits per heavy atom. The lowest BCUT2D eigenvalue weighted by molar-refractivity contribution is -0.137. The highest BCUT2D eigenvalue weighted by Gasteiger charge is 2.30. The first-order valence-corrected chi connectivity index (χ1v) is 5.90. The number of aryl methyl sites for hydroxylation is 1. The second-order valence-electron chi connectivity index (χ2n) is 4.14. The molecule has 0 heterocycles. The summed E-state index contributed by atoms with van der Waals surface area (Å²) in [6.45, 7) is 1.72. The maximum Gasteiger partial charge on any atom is 0.416 e. The quantitative estimate of drug-likeness (QED) is 0.817. The highest BCUT2D eigenvalue weighted by atomic mass is 19.4. The molecule has 0 bridgehead atoms. The van der Waals surface area contributed by atoms with Gasteiger partial charge in [-0.1, -0.05) is 6.07 Å². The number of anilines is 1. The summed E-state index contributed by atoms with van der Waals surface area (Å²) in [5, 5.41) is 13.4. The maximum absolute atomic E-state index is 12.6. The molecule has 4 nitrogen and oxygen atoms in total. The van der Waals surface area contributed by atoms with Crippen molar-refractivity contribution in [2.75, 3.05) is 18.4 Å². The Bertz CT molecular complexity index is 521. The van der Waals surface area contributed by atoms with Gasteiger partial charge in [0.05, 0.1) is 24.6 Å². The first kappa shape index (κ1) is 15.8. The van der Waals surface area contributed by atoms with Crippen LogP contribution in [0.1, 0.15) is 17.5 Å². The fraction of sp³-hybridized carbons (Fsp3) is 0.385. The summed E-state index contributed by atoms with van der Waals surface area (Å²) in [6.07, 6.45) is -4.23. The van der Waals surface area contributed by atoms with E-state index in [1.165, 1.54) is 6.07 Å². The third-order valence-electron chi connectivity index (χ3n) is 2.56. The highest BCUT2D eigenvalue weighted by molar-refractivity contribution is 5.81. The zero-order chi connectivity index (χ0) is 15.2. The fourth-order valence-electron chi connectivity index (χ4n) is 1.48. The summed E-state index contributed by atoms with van der Waals surface area (Å²) >= 11 is 0. The topological polar surface area (TPSA) is 64.9 Å². The van der Waals surface area contributed by atoms with E-state index in [9.17, 15) is 18.0 Å². The van der Waals surface area contributed by atoms with E-state index in [2.05, 4.69) is 10.6 Å². The van der Waals surface area contributed by atoms with Crippen molar-refractivity contribution in [3.63, 3.8) is 0 Å². The minimum absolute atomic E-state index is 0.145. The molecule has 0 saturated heterocycles. The molecule has 2 N–H and O–H groups in total. The Balaban J connectivity index is 2.64. The van der Waals surface area contributed by atoms with Crippen molar-refractivity contribution in [3.8, 4) is 6.07 Å². The zero-order valence-corrected chi connectivity index (χ0v) is 10.8. The molecular formula is C13H14F3N3O. The maximum atomic E-state index is 12.6. The molecule has 0 aliphatic carbocycles. The van der Waals surface area contributed by atoms with Gasteiger partial charge >= 0.3 is 6.18 Å². The van der Waals surface area contributed by atoms with E-state index >= 15 is 0 Å².